The molecule has 1 radical (unpaired) electrons. The Labute approximate surface area is 57.2 Å². The zero-order chi connectivity index (χ0) is 7.40. The topological polar surface area (TPSA) is 62.0 Å². The quantitative estimate of drug-likeness (QED) is 0.555. The SMILES string of the molecule is O=[C]NC(=O)c1ccc[nH]1. The highest BCUT2D eigenvalue weighted by molar-refractivity contribution is 5.98. The van der Waals surface area contributed by atoms with Gasteiger partial charge in [0, 0.05) is 6.20 Å². The Morgan fingerprint density at radius 2 is 2.50 bits per heavy atom. The molecule has 0 saturated heterocycles. The summed E-state index contributed by atoms with van der Waals surface area (Å²) in [6.45, 7) is 0. The Kier molecular flexibility index (Phi) is 1.84. The van der Waals surface area contributed by atoms with Crippen LogP contribution < -0.4 is 5.32 Å². The molecule has 1 rings (SSSR count). The second kappa shape index (κ2) is 2.82. The second-order valence-electron chi connectivity index (χ2n) is 1.64. The number of nitrogens with one attached hydrogen (secondary N) is 2. The van der Waals surface area contributed by atoms with E-state index < -0.39 is 5.91 Å². The van der Waals surface area contributed by atoms with Gasteiger partial charge < -0.3 is 4.98 Å². The first-order chi connectivity index (χ1) is 4.84. The molecule has 51 valence electrons. The van der Waals surface area contributed by atoms with E-state index >= 15 is 0 Å². The Morgan fingerprint density at radius 3 is 3.00 bits per heavy atom. The minimum atomic E-state index is -0.472. The maximum atomic E-state index is 10.7. The van der Waals surface area contributed by atoms with Gasteiger partial charge in [0.25, 0.3) is 5.91 Å². The molecule has 2 N–H and O–H groups in total. The van der Waals surface area contributed by atoms with Crippen molar-refractivity contribution in [3.05, 3.63) is 24.0 Å². The van der Waals surface area contributed by atoms with Crippen LogP contribution in [0, 0.1) is 0 Å². The van der Waals surface area contributed by atoms with Crippen molar-refractivity contribution in [2.75, 3.05) is 0 Å². The monoisotopic (exact) mass is 137 g/mol. The molecule has 2 amide bonds. The van der Waals surface area contributed by atoms with E-state index in [0.29, 0.717) is 5.69 Å². The minimum Gasteiger partial charge on any atom is -0.357 e. The van der Waals surface area contributed by atoms with Gasteiger partial charge in [-0.2, -0.15) is 0 Å². The molecule has 0 saturated carbocycles. The van der Waals surface area contributed by atoms with Gasteiger partial charge in [-0.05, 0) is 12.1 Å². The van der Waals surface area contributed by atoms with E-state index in [9.17, 15) is 9.59 Å². The largest absolute Gasteiger partial charge is 0.357 e. The van der Waals surface area contributed by atoms with Crippen LogP contribution in [0.4, 0.5) is 0 Å². The van der Waals surface area contributed by atoms with Crippen LogP contribution in [0.2, 0.25) is 0 Å². The predicted octanol–water partition coefficient (Wildman–Crippen LogP) is -0.188. The molecule has 0 unspecified atom stereocenters. The van der Waals surface area contributed by atoms with Crippen LogP contribution >= 0.6 is 0 Å². The summed E-state index contributed by atoms with van der Waals surface area (Å²) in [6.07, 6.45) is 2.88. The van der Waals surface area contributed by atoms with Crippen LogP contribution in [0.3, 0.4) is 0 Å². The normalized spacial score (nSPS) is 8.80. The first-order valence-electron chi connectivity index (χ1n) is 2.65. The molecule has 0 atom stereocenters. The lowest BCUT2D eigenvalue weighted by Gasteiger charge is -1.89. The number of amides is 2. The van der Waals surface area contributed by atoms with Crippen molar-refractivity contribution in [3.63, 3.8) is 0 Å². The predicted molar refractivity (Wildman–Crippen MR) is 34.0 cm³/mol. The molecule has 1 aromatic heterocycles. The molecule has 0 bridgehead atoms. The Morgan fingerprint density at radius 1 is 1.70 bits per heavy atom. The molecule has 4 heteroatoms. The van der Waals surface area contributed by atoms with Crippen LogP contribution in [0.25, 0.3) is 0 Å². The van der Waals surface area contributed by atoms with E-state index in [0.717, 1.165) is 0 Å². The van der Waals surface area contributed by atoms with Gasteiger partial charge in [0.2, 0.25) is 0 Å². The maximum absolute atomic E-state index is 10.7. The standard InChI is InChI=1S/C6H5N2O2/c9-4-8-6(10)5-2-1-3-7-5/h1-3,7H,(H,8,9,10). The number of imide groups is 1. The first-order valence-corrected chi connectivity index (χ1v) is 2.65. The summed E-state index contributed by atoms with van der Waals surface area (Å²) in [7, 11) is 0. The highest BCUT2D eigenvalue weighted by Gasteiger charge is 2.02. The van der Waals surface area contributed by atoms with Crippen LogP contribution in [-0.2, 0) is 4.79 Å². The summed E-state index contributed by atoms with van der Waals surface area (Å²) in [4.78, 5) is 23.0. The molecular formula is C6H5N2O2. The number of aromatic amines is 1. The van der Waals surface area contributed by atoms with Crippen LogP contribution in [0.1, 0.15) is 10.5 Å². The van der Waals surface area contributed by atoms with Crippen molar-refractivity contribution in [3.8, 4) is 0 Å². The second-order valence-corrected chi connectivity index (χ2v) is 1.64. The molecule has 0 aliphatic carbocycles. The number of carbonyl (C=O) groups is 1. The smallest absolute Gasteiger partial charge is 0.316 e. The molecule has 0 spiro atoms. The highest BCUT2D eigenvalue weighted by Crippen LogP contribution is 1.91. The van der Waals surface area contributed by atoms with Crippen molar-refractivity contribution in [1.82, 2.24) is 10.3 Å². The van der Waals surface area contributed by atoms with Gasteiger partial charge in [-0.3, -0.25) is 14.9 Å². The van der Waals surface area contributed by atoms with Gasteiger partial charge in [0.05, 0.1) is 0 Å². The third-order valence-electron chi connectivity index (χ3n) is 1.01. The average molecular weight is 137 g/mol. The van der Waals surface area contributed by atoms with Crippen LogP contribution in [-0.4, -0.2) is 17.3 Å². The molecule has 0 fully saturated rings. The molecular weight excluding hydrogens is 132 g/mol. The average Bonchev–Trinajstić information content (AvgIpc) is 2.38. The van der Waals surface area contributed by atoms with E-state index in [-0.39, 0.29) is 0 Å². The van der Waals surface area contributed by atoms with E-state index in [1.807, 2.05) is 5.32 Å². The highest BCUT2D eigenvalue weighted by atomic mass is 16.2. The van der Waals surface area contributed by atoms with Gasteiger partial charge in [-0.15, -0.1) is 0 Å². The third-order valence-corrected chi connectivity index (χ3v) is 1.01. The molecule has 0 aromatic carbocycles. The fourth-order valence-electron chi connectivity index (χ4n) is 0.585. The van der Waals surface area contributed by atoms with E-state index in [2.05, 4.69) is 4.98 Å². The van der Waals surface area contributed by atoms with Crippen molar-refractivity contribution in [1.29, 1.82) is 0 Å². The first kappa shape index (κ1) is 6.54. The third kappa shape index (κ3) is 1.22. The van der Waals surface area contributed by atoms with Crippen LogP contribution in [0.15, 0.2) is 18.3 Å². The number of hydrogen-bond acceptors (Lipinski definition) is 2. The number of rotatable bonds is 2. The van der Waals surface area contributed by atoms with Crippen molar-refractivity contribution < 1.29 is 9.59 Å². The maximum Gasteiger partial charge on any atom is 0.316 e. The summed E-state index contributed by atoms with van der Waals surface area (Å²) < 4.78 is 0. The summed E-state index contributed by atoms with van der Waals surface area (Å²) in [5, 5.41) is 1.87. The van der Waals surface area contributed by atoms with Gasteiger partial charge >= 0.3 is 6.41 Å². The molecule has 1 heterocycles. The fraction of sp³-hybridized carbons (Fsp3) is 0. The van der Waals surface area contributed by atoms with E-state index in [1.165, 1.54) is 6.41 Å². The van der Waals surface area contributed by atoms with E-state index in [4.69, 9.17) is 0 Å². The lowest BCUT2D eigenvalue weighted by Crippen LogP contribution is -2.21. The molecule has 0 aliphatic heterocycles. The number of aromatic nitrogens is 1. The van der Waals surface area contributed by atoms with Crippen molar-refractivity contribution in [2.24, 2.45) is 0 Å². The minimum absolute atomic E-state index is 0.350. The Bertz CT molecular complexity index is 228. The number of H-pyrrole nitrogens is 1. The van der Waals surface area contributed by atoms with Gasteiger partial charge in [0.15, 0.2) is 0 Å². The summed E-state index contributed by atoms with van der Waals surface area (Å²) in [5.41, 5.74) is 0.350. The molecule has 0 aliphatic rings. The zero-order valence-electron chi connectivity index (χ0n) is 5.05. The van der Waals surface area contributed by atoms with Gasteiger partial charge in [-0.25, -0.2) is 0 Å². The molecule has 1 aromatic rings. The lowest BCUT2D eigenvalue weighted by molar-refractivity contribution is 0.0972. The lowest BCUT2D eigenvalue weighted by atomic mass is 10.4. The van der Waals surface area contributed by atoms with E-state index in [1.54, 1.807) is 18.3 Å². The van der Waals surface area contributed by atoms with Gasteiger partial charge in [0.1, 0.15) is 5.69 Å². The molecule has 4 nitrogen and oxygen atoms in total. The van der Waals surface area contributed by atoms with Gasteiger partial charge in [-0.1, -0.05) is 0 Å². The number of hydrogen-bond donors (Lipinski definition) is 2. The summed E-state index contributed by atoms with van der Waals surface area (Å²) in [5.74, 6) is -0.472. The number of carbonyl (C=O) groups excluding carboxylic acids is 2. The Balaban J connectivity index is 2.68. The zero-order valence-corrected chi connectivity index (χ0v) is 5.05. The fourth-order valence-corrected chi connectivity index (χ4v) is 0.585. The summed E-state index contributed by atoms with van der Waals surface area (Å²) in [6, 6.07) is 3.23. The van der Waals surface area contributed by atoms with Crippen molar-refractivity contribution in [2.45, 2.75) is 0 Å². The Hall–Kier alpha value is -1.58. The summed E-state index contributed by atoms with van der Waals surface area (Å²) >= 11 is 0. The molecule has 10 heavy (non-hydrogen) atoms. The van der Waals surface area contributed by atoms with Crippen LogP contribution in [0.5, 0.6) is 0 Å². The van der Waals surface area contributed by atoms with Crippen molar-refractivity contribution >= 4 is 12.3 Å².